The molecule has 0 aromatic rings. The number of hydrogen-bond donors (Lipinski definition) is 0. The van der Waals surface area contributed by atoms with Crippen LogP contribution in [0.2, 0.25) is 0 Å². The van der Waals surface area contributed by atoms with E-state index in [9.17, 15) is 4.79 Å². The van der Waals surface area contributed by atoms with E-state index in [2.05, 4.69) is 0 Å². The predicted molar refractivity (Wildman–Crippen MR) is 55.2 cm³/mol. The summed E-state index contributed by atoms with van der Waals surface area (Å²) in [7, 11) is -0.420. The standard InChI is InChI=1S/C8H19NO4Si/c1-5-11-8(10)9(4)14(12-6-2)13-7-3/h14H,5-7H2,1-4H3. The highest BCUT2D eigenvalue weighted by Crippen LogP contribution is 1.99. The van der Waals surface area contributed by atoms with Crippen LogP contribution in [0.25, 0.3) is 0 Å². The lowest BCUT2D eigenvalue weighted by molar-refractivity contribution is 0.110. The van der Waals surface area contributed by atoms with Crippen molar-refractivity contribution < 1.29 is 18.4 Å². The Labute approximate surface area is 86.9 Å². The number of ether oxygens (including phenoxy) is 1. The lowest BCUT2D eigenvalue weighted by Gasteiger charge is -2.24. The average molecular weight is 221 g/mol. The van der Waals surface area contributed by atoms with Gasteiger partial charge in [0.05, 0.1) is 6.61 Å². The Morgan fingerprint density at radius 3 is 2.00 bits per heavy atom. The van der Waals surface area contributed by atoms with E-state index >= 15 is 0 Å². The van der Waals surface area contributed by atoms with Gasteiger partial charge in [-0.2, -0.15) is 0 Å². The Morgan fingerprint density at radius 2 is 1.64 bits per heavy atom. The van der Waals surface area contributed by atoms with Crippen LogP contribution in [0.3, 0.4) is 0 Å². The Hall–Kier alpha value is -0.593. The molecule has 0 unspecified atom stereocenters. The smallest absolute Gasteiger partial charge is 0.447 e. The van der Waals surface area contributed by atoms with Gasteiger partial charge in [0, 0.05) is 20.3 Å². The van der Waals surface area contributed by atoms with Gasteiger partial charge in [0.15, 0.2) is 0 Å². The normalized spacial score (nSPS) is 10.4. The third-order valence-electron chi connectivity index (χ3n) is 1.49. The van der Waals surface area contributed by atoms with E-state index in [1.54, 1.807) is 14.0 Å². The molecule has 0 aliphatic carbocycles. The third kappa shape index (κ3) is 4.59. The summed E-state index contributed by atoms with van der Waals surface area (Å²) < 4.78 is 17.0. The van der Waals surface area contributed by atoms with Gasteiger partial charge in [-0.15, -0.1) is 0 Å². The number of hydrogen-bond acceptors (Lipinski definition) is 4. The Bertz CT molecular complexity index is 161. The highest BCUT2D eigenvalue weighted by Gasteiger charge is 2.25. The van der Waals surface area contributed by atoms with Crippen molar-refractivity contribution in [2.24, 2.45) is 0 Å². The first kappa shape index (κ1) is 13.4. The summed E-state index contributed by atoms with van der Waals surface area (Å²) in [4.78, 5) is 11.3. The average Bonchev–Trinajstić information content (AvgIpc) is 2.17. The monoisotopic (exact) mass is 221 g/mol. The summed E-state index contributed by atoms with van der Waals surface area (Å²) in [6.45, 7) is 6.96. The van der Waals surface area contributed by atoms with Gasteiger partial charge in [-0.25, -0.2) is 4.79 Å². The van der Waals surface area contributed by atoms with Crippen molar-refractivity contribution >= 4 is 15.5 Å². The van der Waals surface area contributed by atoms with Gasteiger partial charge in [0.1, 0.15) is 0 Å². The van der Waals surface area contributed by atoms with Crippen molar-refractivity contribution in [1.82, 2.24) is 4.57 Å². The van der Waals surface area contributed by atoms with Crippen LogP contribution in [-0.4, -0.2) is 47.0 Å². The number of carbonyl (C=O) groups is 1. The quantitative estimate of drug-likeness (QED) is 0.624. The summed E-state index contributed by atoms with van der Waals surface area (Å²) in [6, 6.07) is 0. The van der Waals surface area contributed by atoms with Crippen molar-refractivity contribution in [3.63, 3.8) is 0 Å². The molecule has 0 aromatic heterocycles. The van der Waals surface area contributed by atoms with Crippen molar-refractivity contribution in [3.05, 3.63) is 0 Å². The van der Waals surface area contributed by atoms with E-state index in [1.165, 1.54) is 4.57 Å². The molecule has 0 N–H and O–H groups in total. The van der Waals surface area contributed by atoms with Gasteiger partial charge in [-0.1, -0.05) is 0 Å². The molecule has 0 heterocycles. The summed E-state index contributed by atoms with van der Waals surface area (Å²) in [5.41, 5.74) is 0. The maximum absolute atomic E-state index is 11.3. The van der Waals surface area contributed by atoms with Crippen LogP contribution < -0.4 is 0 Å². The molecule has 1 amide bonds. The molecule has 6 heteroatoms. The first-order chi connectivity index (χ1) is 6.67. The van der Waals surface area contributed by atoms with Gasteiger partial charge in [0.2, 0.25) is 0 Å². The minimum Gasteiger partial charge on any atom is -0.450 e. The summed E-state index contributed by atoms with van der Waals surface area (Å²) in [5.74, 6) is 0. The van der Waals surface area contributed by atoms with Crippen LogP contribution in [-0.2, 0) is 13.6 Å². The van der Waals surface area contributed by atoms with Crippen LogP contribution in [0.15, 0.2) is 0 Å². The molecule has 14 heavy (non-hydrogen) atoms. The molecule has 0 aromatic carbocycles. The molecule has 0 rings (SSSR count). The maximum atomic E-state index is 11.3. The van der Waals surface area contributed by atoms with Crippen molar-refractivity contribution in [2.75, 3.05) is 26.9 Å². The van der Waals surface area contributed by atoms with Gasteiger partial charge in [-0.3, -0.25) is 4.57 Å². The molecular weight excluding hydrogens is 202 g/mol. The molecular formula is C8H19NO4Si. The number of amides is 1. The molecule has 0 spiro atoms. The zero-order chi connectivity index (χ0) is 11.0. The summed E-state index contributed by atoms with van der Waals surface area (Å²) in [5, 5.41) is 0. The third-order valence-corrected chi connectivity index (χ3v) is 3.57. The topological polar surface area (TPSA) is 48.0 Å². The van der Waals surface area contributed by atoms with Crippen molar-refractivity contribution in [3.8, 4) is 0 Å². The molecule has 0 saturated heterocycles. The van der Waals surface area contributed by atoms with E-state index in [0.29, 0.717) is 19.8 Å². The lowest BCUT2D eigenvalue weighted by atomic mass is 10.9. The van der Waals surface area contributed by atoms with Crippen LogP contribution in [0.1, 0.15) is 20.8 Å². The van der Waals surface area contributed by atoms with E-state index in [4.69, 9.17) is 13.6 Å². The fraction of sp³-hybridized carbons (Fsp3) is 0.875. The molecule has 5 nitrogen and oxygen atoms in total. The van der Waals surface area contributed by atoms with Gasteiger partial charge in [0.25, 0.3) is 0 Å². The van der Waals surface area contributed by atoms with Crippen LogP contribution in [0, 0.1) is 0 Å². The van der Waals surface area contributed by atoms with E-state index in [1.807, 2.05) is 13.8 Å². The second-order valence-electron chi connectivity index (χ2n) is 2.53. The Kier molecular flexibility index (Phi) is 7.45. The van der Waals surface area contributed by atoms with Crippen molar-refractivity contribution in [1.29, 1.82) is 0 Å². The van der Waals surface area contributed by atoms with E-state index in [0.717, 1.165) is 0 Å². The van der Waals surface area contributed by atoms with E-state index < -0.39 is 9.45 Å². The van der Waals surface area contributed by atoms with Crippen LogP contribution in [0.5, 0.6) is 0 Å². The first-order valence-electron chi connectivity index (χ1n) is 4.80. The number of rotatable bonds is 6. The highest BCUT2D eigenvalue weighted by atomic mass is 28.3. The molecule has 0 bridgehead atoms. The SMILES string of the molecule is CCOC(=O)N(C)[SiH](OCC)OCC. The second kappa shape index (κ2) is 7.78. The Morgan fingerprint density at radius 1 is 1.14 bits per heavy atom. The fourth-order valence-corrected chi connectivity index (χ4v) is 2.23. The minimum atomic E-state index is -2.06. The molecule has 0 atom stereocenters. The van der Waals surface area contributed by atoms with Gasteiger partial charge in [-0.05, 0) is 20.8 Å². The van der Waals surface area contributed by atoms with Crippen LogP contribution >= 0.6 is 0 Å². The summed E-state index contributed by atoms with van der Waals surface area (Å²) >= 11 is 0. The largest absolute Gasteiger partial charge is 0.450 e. The number of carbonyl (C=O) groups excluding carboxylic acids is 1. The van der Waals surface area contributed by atoms with Gasteiger partial charge < -0.3 is 13.6 Å². The fourth-order valence-electron chi connectivity index (χ4n) is 0.868. The zero-order valence-electron chi connectivity index (χ0n) is 9.28. The molecule has 0 saturated carbocycles. The Balaban J connectivity index is 4.11. The van der Waals surface area contributed by atoms with E-state index in [-0.39, 0.29) is 6.09 Å². The number of nitrogens with zero attached hydrogens (tertiary/aromatic N) is 1. The molecule has 0 fully saturated rings. The summed E-state index contributed by atoms with van der Waals surface area (Å²) in [6.07, 6.45) is -0.383. The minimum absolute atomic E-state index is 0.364. The van der Waals surface area contributed by atoms with Gasteiger partial charge >= 0.3 is 15.5 Å². The maximum Gasteiger partial charge on any atom is 0.447 e. The zero-order valence-corrected chi connectivity index (χ0v) is 10.4. The predicted octanol–water partition coefficient (Wildman–Crippen LogP) is 0.865. The first-order valence-corrected chi connectivity index (χ1v) is 6.26. The second-order valence-corrected chi connectivity index (χ2v) is 4.58. The molecule has 0 aliphatic rings. The van der Waals surface area contributed by atoms with Crippen LogP contribution in [0.4, 0.5) is 4.79 Å². The lowest BCUT2D eigenvalue weighted by Crippen LogP contribution is -2.45. The molecule has 84 valence electrons. The van der Waals surface area contributed by atoms with Crippen molar-refractivity contribution in [2.45, 2.75) is 20.8 Å². The highest BCUT2D eigenvalue weighted by molar-refractivity contribution is 6.44. The molecule has 0 radical (unpaired) electrons. The molecule has 0 aliphatic heterocycles.